The Morgan fingerprint density at radius 3 is 2.77 bits per heavy atom. The van der Waals surface area contributed by atoms with Crippen LogP contribution < -0.4 is 4.90 Å². The summed E-state index contributed by atoms with van der Waals surface area (Å²) in [6, 6.07) is 9.54. The predicted molar refractivity (Wildman–Crippen MR) is 98.4 cm³/mol. The lowest BCUT2D eigenvalue weighted by atomic mass is 10.1. The molecule has 1 aliphatic rings. The number of nitro groups is 1. The molecule has 0 saturated carbocycles. The van der Waals surface area contributed by atoms with Gasteiger partial charge in [-0.25, -0.2) is 0 Å². The van der Waals surface area contributed by atoms with Crippen LogP contribution in [0, 0.1) is 10.1 Å². The summed E-state index contributed by atoms with van der Waals surface area (Å²) >= 11 is 5.83. The van der Waals surface area contributed by atoms with Gasteiger partial charge in [0.2, 0.25) is 5.75 Å². The molecule has 2 aromatic carbocycles. The van der Waals surface area contributed by atoms with E-state index in [1.807, 2.05) is 19.1 Å². The average Bonchev–Trinajstić information content (AvgIpc) is 2.88. The Morgan fingerprint density at radius 2 is 2.08 bits per heavy atom. The number of nitrogens with zero attached hydrogens (tertiary/aromatic N) is 4. The number of anilines is 1. The molecule has 3 rings (SSSR count). The van der Waals surface area contributed by atoms with Crippen molar-refractivity contribution in [2.24, 2.45) is 10.2 Å². The third kappa shape index (κ3) is 3.02. The zero-order chi connectivity index (χ0) is 18.8. The highest BCUT2D eigenvalue weighted by atomic mass is 35.5. The lowest BCUT2D eigenvalue weighted by Gasteiger charge is -2.12. The van der Waals surface area contributed by atoms with Crippen LogP contribution in [0.25, 0.3) is 0 Å². The molecule has 0 fully saturated rings. The van der Waals surface area contributed by atoms with Gasteiger partial charge in [-0.2, -0.15) is 5.10 Å². The van der Waals surface area contributed by atoms with Gasteiger partial charge in [0.05, 0.1) is 16.8 Å². The van der Waals surface area contributed by atoms with E-state index >= 15 is 0 Å². The van der Waals surface area contributed by atoms with Crippen LogP contribution in [-0.4, -0.2) is 34.4 Å². The van der Waals surface area contributed by atoms with Crippen molar-refractivity contribution < 1.29 is 14.8 Å². The highest BCUT2D eigenvalue weighted by Gasteiger charge is 2.32. The Bertz CT molecular complexity index is 971. The van der Waals surface area contributed by atoms with Crippen LogP contribution in [0.5, 0.6) is 5.75 Å². The van der Waals surface area contributed by atoms with E-state index in [-0.39, 0.29) is 22.2 Å². The molecular weight excluding hydrogens is 360 g/mol. The van der Waals surface area contributed by atoms with Crippen molar-refractivity contribution in [2.45, 2.75) is 6.92 Å². The summed E-state index contributed by atoms with van der Waals surface area (Å²) in [5.74, 6) is -0.858. The van der Waals surface area contributed by atoms with Crippen molar-refractivity contribution in [3.8, 4) is 5.75 Å². The zero-order valence-corrected chi connectivity index (χ0v) is 14.3. The Balaban J connectivity index is 1.98. The molecule has 1 amide bonds. The number of rotatable bonds is 4. The standard InChI is InChI=1S/C17H13ClN4O4/c1-2-21-13-6-4-3-5-12(13)15(17(21)24)20-19-9-10-7-11(18)8-14(16(10)23)22(25)26/h3-9,23H,2H2,1H3/b19-9+,20-15+. The predicted octanol–water partition coefficient (Wildman–Crippen LogP) is 3.14. The molecule has 132 valence electrons. The molecule has 1 heterocycles. The van der Waals surface area contributed by atoms with E-state index in [0.29, 0.717) is 12.1 Å². The van der Waals surface area contributed by atoms with Gasteiger partial charge in [-0.15, -0.1) is 5.10 Å². The van der Waals surface area contributed by atoms with Gasteiger partial charge in [0, 0.05) is 28.8 Å². The number of benzene rings is 2. The van der Waals surface area contributed by atoms with Crippen molar-refractivity contribution in [2.75, 3.05) is 11.4 Å². The van der Waals surface area contributed by atoms with Crippen LogP contribution in [0.2, 0.25) is 5.02 Å². The van der Waals surface area contributed by atoms with Crippen LogP contribution >= 0.6 is 11.6 Å². The number of phenolic OH excluding ortho intramolecular Hbond substituents is 1. The number of nitro benzene ring substituents is 1. The van der Waals surface area contributed by atoms with Gasteiger partial charge in [-0.3, -0.25) is 14.9 Å². The molecule has 8 nitrogen and oxygen atoms in total. The molecule has 0 atom stereocenters. The van der Waals surface area contributed by atoms with E-state index in [2.05, 4.69) is 10.2 Å². The molecule has 0 radical (unpaired) electrons. The molecule has 1 N–H and O–H groups in total. The first kappa shape index (κ1) is 17.6. The fourth-order valence-corrected chi connectivity index (χ4v) is 2.89. The highest BCUT2D eigenvalue weighted by molar-refractivity contribution is 6.54. The van der Waals surface area contributed by atoms with E-state index in [1.54, 1.807) is 17.0 Å². The molecule has 0 bridgehead atoms. The Labute approximate surface area is 153 Å². The zero-order valence-electron chi connectivity index (χ0n) is 13.6. The third-order valence-corrected chi connectivity index (χ3v) is 4.07. The lowest BCUT2D eigenvalue weighted by molar-refractivity contribution is -0.385. The first-order chi connectivity index (χ1) is 12.4. The number of likely N-dealkylation sites (N-methyl/N-ethyl adjacent to an activating group) is 1. The van der Waals surface area contributed by atoms with E-state index in [9.17, 15) is 20.0 Å². The summed E-state index contributed by atoms with van der Waals surface area (Å²) in [4.78, 5) is 24.2. The van der Waals surface area contributed by atoms with Crippen LogP contribution in [0.15, 0.2) is 46.6 Å². The number of amides is 1. The van der Waals surface area contributed by atoms with Crippen LogP contribution in [0.3, 0.4) is 0 Å². The number of carbonyl (C=O) groups excluding carboxylic acids is 1. The summed E-state index contributed by atoms with van der Waals surface area (Å²) in [5, 5.41) is 28.7. The fourth-order valence-electron chi connectivity index (χ4n) is 2.66. The summed E-state index contributed by atoms with van der Waals surface area (Å²) < 4.78 is 0. The van der Waals surface area contributed by atoms with E-state index in [1.165, 1.54) is 6.07 Å². The second kappa shape index (κ2) is 6.93. The van der Waals surface area contributed by atoms with Crippen LogP contribution in [-0.2, 0) is 4.79 Å². The maximum absolute atomic E-state index is 12.5. The molecule has 0 aliphatic carbocycles. The molecule has 0 unspecified atom stereocenters. The monoisotopic (exact) mass is 372 g/mol. The van der Waals surface area contributed by atoms with E-state index in [4.69, 9.17) is 11.6 Å². The number of hydrogen-bond acceptors (Lipinski definition) is 6. The minimum Gasteiger partial charge on any atom is -0.502 e. The Kier molecular flexibility index (Phi) is 4.68. The van der Waals surface area contributed by atoms with Crippen molar-refractivity contribution in [3.63, 3.8) is 0 Å². The number of hydrogen-bond donors (Lipinski definition) is 1. The number of halogens is 1. The molecule has 0 spiro atoms. The average molecular weight is 373 g/mol. The maximum atomic E-state index is 12.5. The van der Waals surface area contributed by atoms with Crippen LogP contribution in [0.4, 0.5) is 11.4 Å². The number of para-hydroxylation sites is 1. The number of carbonyl (C=O) groups is 1. The molecule has 9 heteroatoms. The Morgan fingerprint density at radius 1 is 1.35 bits per heavy atom. The highest BCUT2D eigenvalue weighted by Crippen LogP contribution is 2.32. The minimum atomic E-state index is -0.750. The van der Waals surface area contributed by atoms with E-state index in [0.717, 1.165) is 18.0 Å². The summed E-state index contributed by atoms with van der Waals surface area (Å²) in [6.07, 6.45) is 1.12. The summed E-state index contributed by atoms with van der Waals surface area (Å²) in [5.41, 5.74) is 1.05. The van der Waals surface area contributed by atoms with Crippen molar-refractivity contribution in [1.82, 2.24) is 0 Å². The smallest absolute Gasteiger partial charge is 0.312 e. The molecule has 0 aromatic heterocycles. The van der Waals surface area contributed by atoms with Gasteiger partial charge in [0.25, 0.3) is 5.91 Å². The lowest BCUT2D eigenvalue weighted by Crippen LogP contribution is -2.29. The number of fused-ring (bicyclic) bond motifs is 1. The maximum Gasteiger partial charge on any atom is 0.312 e. The first-order valence-corrected chi connectivity index (χ1v) is 8.01. The number of phenols is 1. The molecule has 1 aliphatic heterocycles. The van der Waals surface area contributed by atoms with Crippen molar-refractivity contribution in [3.05, 3.63) is 62.7 Å². The molecule has 2 aromatic rings. The Hall–Kier alpha value is -3.26. The normalized spacial score (nSPS) is 15.1. The molecule has 0 saturated heterocycles. The fraction of sp³-hybridized carbons (Fsp3) is 0.118. The first-order valence-electron chi connectivity index (χ1n) is 7.63. The van der Waals surface area contributed by atoms with Crippen LogP contribution in [0.1, 0.15) is 18.1 Å². The second-order valence-electron chi connectivity index (χ2n) is 5.38. The number of aromatic hydroxyl groups is 1. The van der Waals surface area contributed by atoms with Gasteiger partial charge in [-0.1, -0.05) is 29.8 Å². The van der Waals surface area contributed by atoms with Crippen molar-refractivity contribution in [1.29, 1.82) is 0 Å². The summed E-state index contributed by atoms with van der Waals surface area (Å²) in [6.45, 7) is 2.34. The van der Waals surface area contributed by atoms with Crippen molar-refractivity contribution >= 4 is 40.8 Å². The molecule has 26 heavy (non-hydrogen) atoms. The quantitative estimate of drug-likeness (QED) is 0.505. The van der Waals surface area contributed by atoms with Gasteiger partial charge in [0.1, 0.15) is 0 Å². The van der Waals surface area contributed by atoms with E-state index < -0.39 is 16.4 Å². The second-order valence-corrected chi connectivity index (χ2v) is 5.82. The van der Waals surface area contributed by atoms with Gasteiger partial charge < -0.3 is 10.0 Å². The topological polar surface area (TPSA) is 108 Å². The van der Waals surface area contributed by atoms with Gasteiger partial charge >= 0.3 is 5.69 Å². The largest absolute Gasteiger partial charge is 0.502 e. The third-order valence-electron chi connectivity index (χ3n) is 3.85. The summed E-state index contributed by atoms with van der Waals surface area (Å²) in [7, 11) is 0. The van der Waals surface area contributed by atoms with Gasteiger partial charge in [-0.05, 0) is 19.1 Å². The minimum absolute atomic E-state index is 0.0274. The SMILES string of the molecule is CCN1C(=O)/C(=N/N=C/c2cc(Cl)cc([N+](=O)[O-])c2O)c2ccccc21. The van der Waals surface area contributed by atoms with Gasteiger partial charge in [0.15, 0.2) is 5.71 Å². The molecular formula is C17H13ClN4O4.